The average molecular weight is 408 g/mol. The molecule has 2 aromatic rings. The van der Waals surface area contributed by atoms with Crippen LogP contribution in [0.3, 0.4) is 0 Å². The molecule has 30 heavy (non-hydrogen) atoms. The van der Waals surface area contributed by atoms with E-state index < -0.39 is 0 Å². The Labute approximate surface area is 177 Å². The van der Waals surface area contributed by atoms with E-state index in [4.69, 9.17) is 18.9 Å². The van der Waals surface area contributed by atoms with Gasteiger partial charge in [-0.3, -0.25) is 4.79 Å². The van der Waals surface area contributed by atoms with Crippen LogP contribution in [0.1, 0.15) is 30.9 Å². The van der Waals surface area contributed by atoms with Crippen LogP contribution in [0.4, 0.5) is 0 Å². The predicted molar refractivity (Wildman–Crippen MR) is 118 cm³/mol. The summed E-state index contributed by atoms with van der Waals surface area (Å²) in [5, 5.41) is 0. The zero-order valence-electron chi connectivity index (χ0n) is 18.2. The summed E-state index contributed by atoms with van der Waals surface area (Å²) in [4.78, 5) is 13.3. The largest absolute Gasteiger partial charge is 0.497 e. The van der Waals surface area contributed by atoms with Crippen LogP contribution in [-0.2, 0) is 4.79 Å². The van der Waals surface area contributed by atoms with Crippen molar-refractivity contribution in [3.8, 4) is 23.0 Å². The van der Waals surface area contributed by atoms with Crippen LogP contribution >= 0.6 is 0 Å². The number of benzene rings is 2. The molecule has 0 atom stereocenters. The number of ether oxygens (including phenoxy) is 4. The first-order valence-electron chi connectivity index (χ1n) is 9.89. The summed E-state index contributed by atoms with van der Waals surface area (Å²) in [6, 6.07) is 11.2. The Morgan fingerprint density at radius 3 is 1.53 bits per heavy atom. The minimum atomic E-state index is 0.0591. The normalized spacial score (nSPS) is 19.1. The van der Waals surface area contributed by atoms with Crippen molar-refractivity contribution in [1.82, 2.24) is 0 Å². The molecule has 0 radical (unpaired) electrons. The summed E-state index contributed by atoms with van der Waals surface area (Å²) in [5.74, 6) is 3.19. The molecule has 0 spiro atoms. The number of hydrogen-bond acceptors (Lipinski definition) is 5. The van der Waals surface area contributed by atoms with Gasteiger partial charge in [0.25, 0.3) is 0 Å². The van der Waals surface area contributed by atoms with E-state index in [2.05, 4.69) is 6.92 Å². The minimum absolute atomic E-state index is 0.0591. The number of carbonyl (C=O) groups is 1. The molecule has 0 aromatic heterocycles. The van der Waals surface area contributed by atoms with Crippen molar-refractivity contribution < 1.29 is 23.7 Å². The highest BCUT2D eigenvalue weighted by molar-refractivity contribution is 6.14. The quantitative estimate of drug-likeness (QED) is 0.616. The lowest BCUT2D eigenvalue weighted by atomic mass is 9.80. The molecule has 3 rings (SSSR count). The Bertz CT molecular complexity index is 910. The van der Waals surface area contributed by atoms with Crippen LogP contribution in [0.15, 0.2) is 47.5 Å². The molecule has 0 unspecified atom stereocenters. The standard InChI is InChI=1S/C25H28O5/c1-16-10-19(12-17-6-8-21(27-2)14-23(17)29-4)25(26)20(11-16)13-18-7-9-22(28-3)15-24(18)30-5/h6-9,12-16H,10-11H2,1-5H3. The van der Waals surface area contributed by atoms with Gasteiger partial charge in [0.15, 0.2) is 5.78 Å². The SMILES string of the molecule is COc1ccc(C=C2CC(C)CC(=Cc3ccc(OC)cc3OC)C2=O)c(OC)c1. The van der Waals surface area contributed by atoms with E-state index in [9.17, 15) is 4.79 Å². The van der Waals surface area contributed by atoms with Crippen molar-refractivity contribution >= 4 is 17.9 Å². The van der Waals surface area contributed by atoms with Crippen molar-refractivity contribution in [3.63, 3.8) is 0 Å². The summed E-state index contributed by atoms with van der Waals surface area (Å²) in [6.45, 7) is 2.16. The number of carbonyl (C=O) groups excluding carboxylic acids is 1. The molecule has 1 fully saturated rings. The van der Waals surface area contributed by atoms with E-state index in [1.54, 1.807) is 28.4 Å². The van der Waals surface area contributed by atoms with Crippen molar-refractivity contribution in [3.05, 3.63) is 58.7 Å². The lowest BCUT2D eigenvalue weighted by Crippen LogP contribution is -2.18. The molecule has 0 N–H and O–H groups in total. The summed E-state index contributed by atoms with van der Waals surface area (Å²) in [5.41, 5.74) is 3.26. The molecule has 0 aliphatic heterocycles. The molecule has 5 nitrogen and oxygen atoms in total. The third-order valence-corrected chi connectivity index (χ3v) is 5.26. The van der Waals surface area contributed by atoms with Crippen LogP contribution < -0.4 is 18.9 Å². The lowest BCUT2D eigenvalue weighted by Gasteiger charge is -2.23. The van der Waals surface area contributed by atoms with Gasteiger partial charge in [-0.15, -0.1) is 0 Å². The van der Waals surface area contributed by atoms with Gasteiger partial charge in [0.2, 0.25) is 0 Å². The van der Waals surface area contributed by atoms with Gasteiger partial charge in [-0.1, -0.05) is 6.92 Å². The second-order valence-corrected chi connectivity index (χ2v) is 7.40. The predicted octanol–water partition coefficient (Wildman–Crippen LogP) is 5.19. The summed E-state index contributed by atoms with van der Waals surface area (Å²) in [6.07, 6.45) is 5.31. The Balaban J connectivity index is 1.98. The van der Waals surface area contributed by atoms with Crippen LogP contribution in [0.25, 0.3) is 12.2 Å². The van der Waals surface area contributed by atoms with Crippen molar-refractivity contribution in [2.45, 2.75) is 19.8 Å². The molecule has 1 aliphatic carbocycles. The number of methoxy groups -OCH3 is 4. The fourth-order valence-corrected chi connectivity index (χ4v) is 3.71. The van der Waals surface area contributed by atoms with Gasteiger partial charge in [0.05, 0.1) is 28.4 Å². The van der Waals surface area contributed by atoms with Gasteiger partial charge in [-0.2, -0.15) is 0 Å². The molecule has 1 saturated carbocycles. The van der Waals surface area contributed by atoms with Crippen LogP contribution in [0, 0.1) is 5.92 Å². The van der Waals surface area contributed by atoms with Crippen LogP contribution in [-0.4, -0.2) is 34.2 Å². The first kappa shape index (κ1) is 21.5. The highest BCUT2D eigenvalue weighted by Gasteiger charge is 2.26. The molecule has 0 bridgehead atoms. The highest BCUT2D eigenvalue weighted by Crippen LogP contribution is 2.36. The van der Waals surface area contributed by atoms with Crippen LogP contribution in [0.5, 0.6) is 23.0 Å². The van der Waals surface area contributed by atoms with Gasteiger partial charge in [-0.25, -0.2) is 0 Å². The van der Waals surface area contributed by atoms with E-state index in [1.807, 2.05) is 48.6 Å². The van der Waals surface area contributed by atoms with Gasteiger partial charge in [0, 0.05) is 34.4 Å². The molecule has 2 aromatic carbocycles. The Morgan fingerprint density at radius 1 is 0.733 bits per heavy atom. The third-order valence-electron chi connectivity index (χ3n) is 5.26. The molecular weight excluding hydrogens is 380 g/mol. The minimum Gasteiger partial charge on any atom is -0.497 e. The number of ketones is 1. The fourth-order valence-electron chi connectivity index (χ4n) is 3.71. The smallest absolute Gasteiger partial charge is 0.185 e. The highest BCUT2D eigenvalue weighted by atomic mass is 16.5. The van der Waals surface area contributed by atoms with Crippen molar-refractivity contribution in [2.24, 2.45) is 5.92 Å². The Hall–Kier alpha value is -3.21. The zero-order valence-corrected chi connectivity index (χ0v) is 18.2. The first-order valence-corrected chi connectivity index (χ1v) is 9.89. The molecule has 1 aliphatic rings. The number of hydrogen-bond donors (Lipinski definition) is 0. The second-order valence-electron chi connectivity index (χ2n) is 7.40. The maximum absolute atomic E-state index is 13.3. The Morgan fingerprint density at radius 2 is 1.17 bits per heavy atom. The van der Waals surface area contributed by atoms with Gasteiger partial charge >= 0.3 is 0 Å². The monoisotopic (exact) mass is 408 g/mol. The molecular formula is C25H28O5. The Kier molecular flexibility index (Phi) is 6.83. The molecule has 0 amide bonds. The summed E-state index contributed by atoms with van der Waals surface area (Å²) >= 11 is 0. The van der Waals surface area contributed by atoms with Gasteiger partial charge in [0.1, 0.15) is 23.0 Å². The first-order chi connectivity index (χ1) is 14.5. The third kappa shape index (κ3) is 4.67. The summed E-state index contributed by atoms with van der Waals surface area (Å²) in [7, 11) is 6.46. The van der Waals surface area contributed by atoms with E-state index >= 15 is 0 Å². The van der Waals surface area contributed by atoms with Gasteiger partial charge < -0.3 is 18.9 Å². The van der Waals surface area contributed by atoms with Crippen molar-refractivity contribution in [1.29, 1.82) is 0 Å². The molecule has 5 heteroatoms. The van der Waals surface area contributed by atoms with Gasteiger partial charge in [-0.05, 0) is 55.2 Å². The second kappa shape index (κ2) is 9.53. The molecule has 158 valence electrons. The fraction of sp³-hybridized carbons (Fsp3) is 0.320. The zero-order chi connectivity index (χ0) is 21.7. The van der Waals surface area contributed by atoms with E-state index in [1.165, 1.54) is 0 Å². The van der Waals surface area contributed by atoms with Crippen molar-refractivity contribution in [2.75, 3.05) is 28.4 Å². The number of rotatable bonds is 6. The molecule has 0 heterocycles. The van der Waals surface area contributed by atoms with E-state index in [0.29, 0.717) is 28.9 Å². The maximum atomic E-state index is 13.3. The van der Waals surface area contributed by atoms with Crippen LogP contribution in [0.2, 0.25) is 0 Å². The van der Waals surface area contributed by atoms with E-state index in [-0.39, 0.29) is 5.78 Å². The van der Waals surface area contributed by atoms with E-state index in [0.717, 1.165) is 35.1 Å². The topological polar surface area (TPSA) is 54.0 Å². The number of allylic oxidation sites excluding steroid dienone is 2. The molecule has 0 saturated heterocycles. The lowest BCUT2D eigenvalue weighted by molar-refractivity contribution is -0.113. The average Bonchev–Trinajstić information content (AvgIpc) is 2.77. The number of Topliss-reactive ketones (excluding diaryl/α,β-unsaturated/α-hetero) is 1. The summed E-state index contributed by atoms with van der Waals surface area (Å²) < 4.78 is 21.5. The maximum Gasteiger partial charge on any atom is 0.185 e.